The number of rotatable bonds is 2. The van der Waals surface area contributed by atoms with Gasteiger partial charge in [0, 0.05) is 17.9 Å². The minimum atomic E-state index is -1.01. The molecule has 1 heterocycles. The van der Waals surface area contributed by atoms with E-state index in [0.717, 1.165) is 0 Å². The van der Waals surface area contributed by atoms with Crippen molar-refractivity contribution in [1.29, 1.82) is 0 Å². The maximum absolute atomic E-state index is 11.4. The fourth-order valence-electron chi connectivity index (χ4n) is 1.48. The maximum atomic E-state index is 11.4. The zero-order chi connectivity index (χ0) is 10.7. The van der Waals surface area contributed by atoms with Gasteiger partial charge in [0.25, 0.3) is 0 Å². The lowest BCUT2D eigenvalue weighted by Gasteiger charge is -2.21. The Hall–Kier alpha value is -0.620. The topological polar surface area (TPSA) is 57.6 Å². The van der Waals surface area contributed by atoms with Crippen molar-refractivity contribution in [3.8, 4) is 0 Å². The van der Waals surface area contributed by atoms with E-state index in [2.05, 4.69) is 25.3 Å². The van der Waals surface area contributed by atoms with Gasteiger partial charge < -0.3 is 10.0 Å². The molecule has 1 N–H and O–H groups in total. The highest BCUT2D eigenvalue weighted by Crippen LogP contribution is 2.23. The lowest BCUT2D eigenvalue weighted by atomic mass is 10.2. The van der Waals surface area contributed by atoms with Gasteiger partial charge in [-0.15, -0.1) is 0 Å². The summed E-state index contributed by atoms with van der Waals surface area (Å²) in [4.78, 5) is 23.5. The van der Waals surface area contributed by atoms with Crippen LogP contribution in [0.5, 0.6) is 0 Å². The summed E-state index contributed by atoms with van der Waals surface area (Å²) < 4.78 is 0. The molecule has 0 aliphatic carbocycles. The third-order valence-electron chi connectivity index (χ3n) is 2.12. The average molecular weight is 233 g/mol. The van der Waals surface area contributed by atoms with Gasteiger partial charge in [-0.05, 0) is 11.8 Å². The quantitative estimate of drug-likeness (QED) is 0.478. The second kappa shape index (κ2) is 4.75. The second-order valence-corrected chi connectivity index (χ2v) is 3.95. The van der Waals surface area contributed by atoms with Gasteiger partial charge >= 0.3 is 5.97 Å². The van der Waals surface area contributed by atoms with Crippen LogP contribution in [-0.2, 0) is 9.59 Å². The highest BCUT2D eigenvalue weighted by molar-refractivity contribution is 7.83. The number of carboxylic acid groups (broad SMARTS) is 1. The summed E-state index contributed by atoms with van der Waals surface area (Å²) in [7, 11) is 0. The van der Waals surface area contributed by atoms with Crippen LogP contribution in [-0.4, -0.2) is 39.7 Å². The Morgan fingerprint density at radius 3 is 2.64 bits per heavy atom. The lowest BCUT2D eigenvalue weighted by molar-refractivity contribution is -0.146. The van der Waals surface area contributed by atoms with Gasteiger partial charge in [0.1, 0.15) is 6.04 Å². The Morgan fingerprint density at radius 2 is 2.14 bits per heavy atom. The van der Waals surface area contributed by atoms with Crippen LogP contribution in [0.4, 0.5) is 0 Å². The van der Waals surface area contributed by atoms with Crippen LogP contribution in [0.25, 0.3) is 0 Å². The summed E-state index contributed by atoms with van der Waals surface area (Å²) in [6.07, 6.45) is 1.84. The van der Waals surface area contributed by atoms with Gasteiger partial charge in [0.15, 0.2) is 0 Å². The Balaban J connectivity index is 2.79. The van der Waals surface area contributed by atoms with Crippen molar-refractivity contribution >= 4 is 37.1 Å². The minimum absolute atomic E-state index is 0.287. The highest BCUT2D eigenvalue weighted by Gasteiger charge is 2.39. The fraction of sp³-hybridized carbons (Fsp3) is 0.500. The van der Waals surface area contributed by atoms with Crippen molar-refractivity contribution in [3.63, 3.8) is 0 Å². The van der Waals surface area contributed by atoms with Crippen molar-refractivity contribution in [3.05, 3.63) is 11.5 Å². The fourth-order valence-corrected chi connectivity index (χ4v) is 2.01. The first-order chi connectivity index (χ1) is 6.57. The number of likely N-dealkylation sites (tertiary alicyclic amines) is 1. The number of amides is 1. The van der Waals surface area contributed by atoms with E-state index in [1.165, 1.54) is 16.4 Å². The molecule has 78 valence electrons. The number of carbonyl (C=O) groups excluding carboxylic acids is 1. The molecule has 0 spiro atoms. The van der Waals surface area contributed by atoms with Crippen molar-refractivity contribution in [2.45, 2.75) is 17.7 Å². The Bertz CT molecular complexity index is 280. The van der Waals surface area contributed by atoms with Crippen LogP contribution in [0.1, 0.15) is 6.42 Å². The maximum Gasteiger partial charge on any atom is 0.327 e. The molecule has 2 unspecified atom stereocenters. The molecule has 0 bridgehead atoms. The molecule has 1 amide bonds. The van der Waals surface area contributed by atoms with Crippen LogP contribution in [0, 0.1) is 0 Å². The normalized spacial score (nSPS) is 27.1. The molecule has 1 aliphatic heterocycles. The van der Waals surface area contributed by atoms with Gasteiger partial charge in [-0.25, -0.2) is 4.79 Å². The SMILES string of the molecule is O=C(O)C1C(S)CCN1C(=O)C=CS. The van der Waals surface area contributed by atoms with Crippen LogP contribution >= 0.6 is 25.3 Å². The van der Waals surface area contributed by atoms with Crippen LogP contribution < -0.4 is 0 Å². The summed E-state index contributed by atoms with van der Waals surface area (Å²) in [5.41, 5.74) is 0. The smallest absolute Gasteiger partial charge is 0.327 e. The molecule has 0 aromatic rings. The summed E-state index contributed by atoms with van der Waals surface area (Å²) in [5, 5.41) is 9.90. The molecule has 0 aromatic carbocycles. The highest BCUT2D eigenvalue weighted by atomic mass is 32.1. The first kappa shape index (κ1) is 11.5. The number of hydrogen-bond donors (Lipinski definition) is 3. The van der Waals surface area contributed by atoms with Gasteiger partial charge in [-0.3, -0.25) is 4.79 Å². The van der Waals surface area contributed by atoms with Crippen molar-refractivity contribution < 1.29 is 14.7 Å². The first-order valence-corrected chi connectivity index (χ1v) is 5.13. The third-order valence-corrected chi connectivity index (χ3v) is 2.81. The zero-order valence-electron chi connectivity index (χ0n) is 7.33. The molecule has 0 radical (unpaired) electrons. The van der Waals surface area contributed by atoms with Gasteiger partial charge in [-0.2, -0.15) is 25.3 Å². The molecule has 4 nitrogen and oxygen atoms in total. The van der Waals surface area contributed by atoms with E-state index < -0.39 is 12.0 Å². The summed E-state index contributed by atoms with van der Waals surface area (Å²) in [6.45, 7) is 0.433. The Kier molecular flexibility index (Phi) is 3.88. The van der Waals surface area contributed by atoms with E-state index in [1.807, 2.05) is 0 Å². The average Bonchev–Trinajstić information content (AvgIpc) is 2.47. The number of carboxylic acids is 1. The van der Waals surface area contributed by atoms with Crippen molar-refractivity contribution in [1.82, 2.24) is 4.90 Å². The van der Waals surface area contributed by atoms with Gasteiger partial charge in [0.2, 0.25) is 5.91 Å². The molecule has 2 atom stereocenters. The zero-order valence-corrected chi connectivity index (χ0v) is 9.12. The predicted octanol–water partition coefficient (Wildman–Crippen LogP) is 0.414. The van der Waals surface area contributed by atoms with E-state index in [-0.39, 0.29) is 11.2 Å². The summed E-state index contributed by atoms with van der Waals surface area (Å²) in [5.74, 6) is -1.34. The molecule has 1 saturated heterocycles. The molecule has 0 saturated carbocycles. The first-order valence-electron chi connectivity index (χ1n) is 4.10. The Labute approximate surface area is 92.8 Å². The van der Waals surface area contributed by atoms with Gasteiger partial charge in [0.05, 0.1) is 0 Å². The molecule has 0 aromatic heterocycles. The second-order valence-electron chi connectivity index (χ2n) is 2.99. The molecule has 6 heteroatoms. The van der Waals surface area contributed by atoms with E-state index in [4.69, 9.17) is 5.11 Å². The molecule has 1 fully saturated rings. The van der Waals surface area contributed by atoms with Crippen LogP contribution in [0.15, 0.2) is 11.5 Å². The van der Waals surface area contributed by atoms with E-state index in [9.17, 15) is 9.59 Å². The third kappa shape index (κ3) is 2.24. The number of hydrogen-bond acceptors (Lipinski definition) is 4. The molecule has 14 heavy (non-hydrogen) atoms. The number of carbonyl (C=O) groups is 2. The summed E-state index contributed by atoms with van der Waals surface area (Å²) >= 11 is 7.89. The predicted molar refractivity (Wildman–Crippen MR) is 58.7 cm³/mol. The largest absolute Gasteiger partial charge is 0.480 e. The van der Waals surface area contributed by atoms with Crippen molar-refractivity contribution in [2.75, 3.05) is 6.54 Å². The molecule has 1 aliphatic rings. The van der Waals surface area contributed by atoms with Crippen molar-refractivity contribution in [2.24, 2.45) is 0 Å². The standard InChI is InChI=1S/C8H11NO3S2/c10-6(2-4-13)9-3-1-5(14)7(9)8(11)12/h2,4-5,7,13-14H,1,3H2,(H,11,12). The van der Waals surface area contributed by atoms with E-state index in [1.54, 1.807) is 0 Å². The van der Waals surface area contributed by atoms with E-state index in [0.29, 0.717) is 13.0 Å². The lowest BCUT2D eigenvalue weighted by Crippen LogP contribution is -2.43. The Morgan fingerprint density at radius 1 is 1.50 bits per heavy atom. The molecular weight excluding hydrogens is 222 g/mol. The van der Waals surface area contributed by atoms with E-state index >= 15 is 0 Å². The molecular formula is C8H11NO3S2. The summed E-state index contributed by atoms with van der Waals surface area (Å²) in [6, 6.07) is -0.824. The molecule has 1 rings (SSSR count). The van der Waals surface area contributed by atoms with Gasteiger partial charge in [-0.1, -0.05) is 0 Å². The minimum Gasteiger partial charge on any atom is -0.480 e. The van der Waals surface area contributed by atoms with Crippen LogP contribution in [0.3, 0.4) is 0 Å². The van der Waals surface area contributed by atoms with Crippen LogP contribution in [0.2, 0.25) is 0 Å². The monoisotopic (exact) mass is 233 g/mol. The number of aliphatic carboxylic acids is 1. The number of nitrogens with zero attached hydrogens (tertiary/aromatic N) is 1. The number of thiol groups is 2.